The molecule has 4 fully saturated rings. The van der Waals surface area contributed by atoms with Gasteiger partial charge in [-0.2, -0.15) is 0 Å². The maximum Gasteiger partial charge on any atom is 0.295 e. The lowest BCUT2D eigenvalue weighted by Crippen LogP contribution is -2.53. The van der Waals surface area contributed by atoms with Crippen LogP contribution in [0.15, 0.2) is 91.3 Å². The molecule has 0 bridgehead atoms. The number of carbonyl (C=O) groups is 4. The van der Waals surface area contributed by atoms with Gasteiger partial charge in [-0.3, -0.25) is 29.0 Å². The third-order valence-electron chi connectivity index (χ3n) is 13.2. The van der Waals surface area contributed by atoms with Gasteiger partial charge in [0.2, 0.25) is 0 Å². The first-order chi connectivity index (χ1) is 32.8. The number of piperazine rings is 2. The minimum atomic E-state index is -0.577. The highest BCUT2D eigenvalue weighted by molar-refractivity contribution is 6.45. The zero-order valence-electron chi connectivity index (χ0n) is 38.5. The molecule has 0 saturated carbocycles. The third-order valence-corrected chi connectivity index (χ3v) is 13.9. The molecule has 0 aliphatic carbocycles. The van der Waals surface area contributed by atoms with Gasteiger partial charge in [-0.25, -0.2) is 8.78 Å². The lowest BCUT2D eigenvalue weighted by Gasteiger charge is -2.40. The summed E-state index contributed by atoms with van der Waals surface area (Å²) < 4.78 is 26.3. The second-order valence-electron chi connectivity index (χ2n) is 18.2. The Balaban J connectivity index is 0.000000172. The fraction of sp³-hybridized carbons (Fsp3) is 0.385. The molecule has 2 aromatic heterocycles. The second-order valence-corrected chi connectivity index (χ2v) is 19.0. The van der Waals surface area contributed by atoms with E-state index in [1.165, 1.54) is 56.4 Å². The van der Waals surface area contributed by atoms with Gasteiger partial charge in [0.05, 0.1) is 26.7 Å². The number of hydrogen-bond donors (Lipinski definition) is 3. The van der Waals surface area contributed by atoms with Crippen LogP contribution in [0.1, 0.15) is 81.7 Å². The molecule has 358 valence electrons. The van der Waals surface area contributed by atoms with Crippen LogP contribution in [0.25, 0.3) is 21.8 Å². The van der Waals surface area contributed by atoms with Crippen LogP contribution in [-0.4, -0.2) is 136 Å². The highest BCUT2D eigenvalue weighted by Crippen LogP contribution is 2.30. The lowest BCUT2D eigenvalue weighted by atomic mass is 10.0. The quantitative estimate of drug-likeness (QED) is 0.103. The topological polar surface area (TPSA) is 128 Å². The third kappa shape index (κ3) is 11.6. The molecule has 4 aliphatic rings. The van der Waals surface area contributed by atoms with E-state index in [4.69, 9.17) is 23.2 Å². The van der Waals surface area contributed by atoms with Crippen molar-refractivity contribution in [3.05, 3.63) is 141 Å². The molecular formula is C52H58Cl2F2N8O4. The highest BCUT2D eigenvalue weighted by Gasteiger charge is 2.32. The molecule has 10 rings (SSSR count). The smallest absolute Gasteiger partial charge is 0.295 e. The van der Waals surface area contributed by atoms with E-state index in [2.05, 4.69) is 32.0 Å². The van der Waals surface area contributed by atoms with Crippen molar-refractivity contribution in [3.63, 3.8) is 0 Å². The molecule has 68 heavy (non-hydrogen) atoms. The Labute approximate surface area is 405 Å². The Kier molecular flexibility index (Phi) is 15.9. The van der Waals surface area contributed by atoms with Crippen molar-refractivity contribution >= 4 is 68.5 Å². The number of amides is 3. The number of nitrogens with one attached hydrogen (secondary N) is 3. The Morgan fingerprint density at radius 1 is 0.603 bits per heavy atom. The van der Waals surface area contributed by atoms with Gasteiger partial charge in [0.25, 0.3) is 23.5 Å². The zero-order valence-corrected chi connectivity index (χ0v) is 40.0. The van der Waals surface area contributed by atoms with Crippen LogP contribution < -0.4 is 5.32 Å². The number of aromatic amines is 2. The molecule has 3 N–H and O–H groups in total. The molecule has 12 nitrogen and oxygen atoms in total. The maximum absolute atomic E-state index is 13.5. The fourth-order valence-corrected chi connectivity index (χ4v) is 9.99. The van der Waals surface area contributed by atoms with E-state index < -0.39 is 11.7 Å². The van der Waals surface area contributed by atoms with Gasteiger partial charge in [-0.15, -0.1) is 0 Å². The van der Waals surface area contributed by atoms with Crippen LogP contribution in [0, 0.1) is 11.6 Å². The Hall–Kier alpha value is -5.64. The van der Waals surface area contributed by atoms with Crippen molar-refractivity contribution in [3.8, 4) is 0 Å². The first-order valence-electron chi connectivity index (χ1n) is 23.5. The Bertz CT molecular complexity index is 2730. The first kappa shape index (κ1) is 48.8. The molecule has 0 radical (unpaired) electrons. The number of carbonyl (C=O) groups excluding carboxylic acids is 4. The molecule has 3 amide bonds. The van der Waals surface area contributed by atoms with E-state index >= 15 is 0 Å². The average Bonchev–Trinajstić information content (AvgIpc) is 4.19. The number of fused-ring (bicyclic) bond motifs is 2. The van der Waals surface area contributed by atoms with Gasteiger partial charge in [-0.05, 0) is 118 Å². The number of aromatic nitrogens is 2. The summed E-state index contributed by atoms with van der Waals surface area (Å²) in [7, 11) is 0. The Morgan fingerprint density at radius 2 is 1.12 bits per heavy atom. The molecule has 0 unspecified atom stereocenters. The fourth-order valence-electron chi connectivity index (χ4n) is 9.50. The van der Waals surface area contributed by atoms with Gasteiger partial charge in [-0.1, -0.05) is 47.5 Å². The largest absolute Gasteiger partial charge is 0.361 e. The molecule has 4 aromatic carbocycles. The first-order valence-corrected chi connectivity index (χ1v) is 24.3. The van der Waals surface area contributed by atoms with E-state index in [0.717, 1.165) is 54.5 Å². The summed E-state index contributed by atoms with van der Waals surface area (Å²) in [6, 6.07) is 21.9. The monoisotopic (exact) mass is 966 g/mol. The second kappa shape index (κ2) is 22.2. The molecule has 2 atom stereocenters. The van der Waals surface area contributed by atoms with Crippen molar-refractivity contribution in [2.45, 2.75) is 64.7 Å². The van der Waals surface area contributed by atoms with Gasteiger partial charge >= 0.3 is 0 Å². The predicted molar refractivity (Wildman–Crippen MR) is 263 cm³/mol. The van der Waals surface area contributed by atoms with Gasteiger partial charge in [0.1, 0.15) is 11.6 Å². The number of H-pyrrole nitrogens is 2. The van der Waals surface area contributed by atoms with Gasteiger partial charge in [0, 0.05) is 112 Å². The van der Waals surface area contributed by atoms with Gasteiger partial charge < -0.3 is 30.0 Å². The number of rotatable bonds is 8. The van der Waals surface area contributed by atoms with Crippen LogP contribution >= 0.6 is 23.2 Å². The SMILES string of the molecule is C1CCNC1.C[C@@H]1CN(Cc2ccc(F)cc2)CCN1C(=O)c1cc2c(C(=O)C(=O)N3CCCC3)c[nH]c2cc1Cl.C[C@@H]1CN(Cc2ccc(F)cc2)CCN1C(=O)c1cc2cc[nH]c2cc1Cl. The summed E-state index contributed by atoms with van der Waals surface area (Å²) in [5, 5.41) is 5.48. The highest BCUT2D eigenvalue weighted by atomic mass is 35.5. The minimum Gasteiger partial charge on any atom is -0.361 e. The van der Waals surface area contributed by atoms with Crippen molar-refractivity contribution in [1.29, 1.82) is 0 Å². The minimum absolute atomic E-state index is 0.0305. The lowest BCUT2D eigenvalue weighted by molar-refractivity contribution is -0.125. The number of likely N-dealkylation sites (tertiary alicyclic amines) is 1. The summed E-state index contributed by atoms with van der Waals surface area (Å²) >= 11 is 12.9. The summed E-state index contributed by atoms with van der Waals surface area (Å²) in [5.74, 6) is -1.81. The summed E-state index contributed by atoms with van der Waals surface area (Å²) in [4.78, 5) is 68.2. The van der Waals surface area contributed by atoms with Crippen LogP contribution in [0.2, 0.25) is 10.0 Å². The van der Waals surface area contributed by atoms with Crippen LogP contribution in [-0.2, 0) is 17.9 Å². The van der Waals surface area contributed by atoms with Crippen molar-refractivity contribution in [1.82, 2.24) is 39.8 Å². The van der Waals surface area contributed by atoms with Crippen molar-refractivity contribution < 1.29 is 28.0 Å². The van der Waals surface area contributed by atoms with E-state index in [1.54, 1.807) is 40.1 Å². The van der Waals surface area contributed by atoms with Crippen LogP contribution in [0.5, 0.6) is 0 Å². The normalized spacial score (nSPS) is 18.9. The number of halogens is 4. The zero-order chi connectivity index (χ0) is 47.9. The average molecular weight is 968 g/mol. The molecule has 0 spiro atoms. The number of benzene rings is 4. The molecule has 16 heteroatoms. The standard InChI is InChI=1S/C27H28ClFN4O3.C21H21ClFN3O.C4H9N/c1-17-15-31(16-18-4-6-19(29)7-5-18)10-11-33(17)26(35)21-12-20-22(14-30-24(20)13-23(21)28)25(34)27(36)32-8-2-3-9-32;1-14-12-25(13-15-2-4-17(23)5-3-15)8-9-26(14)21(27)18-10-16-6-7-24-20(16)11-19(18)22;1-2-4-5-3-1/h4-7,12-14,17,30H,2-3,8-11,15-16H2,1H3;2-7,10-11,14,24H,8-9,12-13H2,1H3;5H,1-4H2/t17-;14-;/m11./s1. The van der Waals surface area contributed by atoms with E-state index in [1.807, 2.05) is 42.3 Å². The molecule has 6 aromatic rings. The summed E-state index contributed by atoms with van der Waals surface area (Å²) in [6.07, 6.45) is 7.93. The maximum atomic E-state index is 13.5. The number of hydrogen-bond acceptors (Lipinski definition) is 7. The number of Topliss-reactive ketones (excluding diaryl/α,β-unsaturated/α-hetero) is 1. The molecule has 4 saturated heterocycles. The van der Waals surface area contributed by atoms with Crippen LogP contribution in [0.4, 0.5) is 8.78 Å². The van der Waals surface area contributed by atoms with E-state index in [9.17, 15) is 28.0 Å². The van der Waals surface area contributed by atoms with Crippen molar-refractivity contribution in [2.75, 3.05) is 65.4 Å². The number of nitrogens with zero attached hydrogens (tertiary/aromatic N) is 5. The van der Waals surface area contributed by atoms with E-state index in [-0.39, 0.29) is 41.1 Å². The number of ketones is 1. The van der Waals surface area contributed by atoms with E-state index in [0.29, 0.717) is 77.9 Å². The molecule has 6 heterocycles. The molecule has 4 aliphatic heterocycles. The Morgan fingerprint density at radius 3 is 1.62 bits per heavy atom. The van der Waals surface area contributed by atoms with Crippen molar-refractivity contribution in [2.24, 2.45) is 0 Å². The van der Waals surface area contributed by atoms with Crippen LogP contribution in [0.3, 0.4) is 0 Å². The molecular weight excluding hydrogens is 910 g/mol. The summed E-state index contributed by atoms with van der Waals surface area (Å²) in [5.41, 5.74) is 4.73. The predicted octanol–water partition coefficient (Wildman–Crippen LogP) is 8.79. The summed E-state index contributed by atoms with van der Waals surface area (Å²) in [6.45, 7) is 13.2. The van der Waals surface area contributed by atoms with Gasteiger partial charge in [0.15, 0.2) is 0 Å².